The molecule has 0 saturated heterocycles. The summed E-state index contributed by atoms with van der Waals surface area (Å²) in [4.78, 5) is 16.2. The minimum Gasteiger partial charge on any atom is -0.354 e. The maximum atomic E-state index is 12.1. The number of nitrogens with one attached hydrogen (secondary N) is 2. The molecule has 0 fully saturated rings. The number of hydrogen-bond acceptors (Lipinski definition) is 3. The van der Waals surface area contributed by atoms with E-state index in [0.29, 0.717) is 18.0 Å². The van der Waals surface area contributed by atoms with Crippen molar-refractivity contribution in [1.82, 2.24) is 10.3 Å². The molecule has 2 N–H and O–H groups in total. The molecule has 2 aromatic rings. The molecule has 0 aliphatic carbocycles. The van der Waals surface area contributed by atoms with Gasteiger partial charge in [0, 0.05) is 22.9 Å². The summed E-state index contributed by atoms with van der Waals surface area (Å²) in [5, 5.41) is 6.15. The van der Waals surface area contributed by atoms with Crippen molar-refractivity contribution < 1.29 is 4.79 Å². The summed E-state index contributed by atoms with van der Waals surface area (Å²) >= 11 is 3.51. The molecule has 1 aromatic carbocycles. The van der Waals surface area contributed by atoms with Gasteiger partial charge in [0.15, 0.2) is 0 Å². The second-order valence-corrected chi connectivity index (χ2v) is 6.51. The van der Waals surface area contributed by atoms with Crippen LogP contribution in [-0.2, 0) is 0 Å². The summed E-state index contributed by atoms with van der Waals surface area (Å²) in [6.07, 6.45) is 3.28. The summed E-state index contributed by atoms with van der Waals surface area (Å²) in [5.74, 6) is 0.318. The zero-order valence-electron chi connectivity index (χ0n) is 13.0. The highest BCUT2D eigenvalue weighted by molar-refractivity contribution is 9.10. The van der Waals surface area contributed by atoms with Crippen molar-refractivity contribution in [2.24, 2.45) is 5.92 Å². The third-order valence-electron chi connectivity index (χ3n) is 3.13. The minimum absolute atomic E-state index is 0.102. The smallest absolute Gasteiger partial charge is 0.252 e. The SMILES string of the molecule is Cc1ccc(Nc2cncc(C(=O)NCC(C)C)c2)cc1Br. The summed E-state index contributed by atoms with van der Waals surface area (Å²) in [6, 6.07) is 7.82. The number of anilines is 2. The number of pyridine rings is 1. The van der Waals surface area contributed by atoms with Crippen molar-refractivity contribution in [3.8, 4) is 0 Å². The summed E-state index contributed by atoms with van der Waals surface area (Å²) in [6.45, 7) is 6.81. The first-order valence-electron chi connectivity index (χ1n) is 7.22. The Bertz CT molecular complexity index is 671. The maximum absolute atomic E-state index is 12.1. The average molecular weight is 362 g/mol. The average Bonchev–Trinajstić information content (AvgIpc) is 2.49. The lowest BCUT2D eigenvalue weighted by Gasteiger charge is -2.10. The number of amides is 1. The molecule has 22 heavy (non-hydrogen) atoms. The molecule has 4 nitrogen and oxygen atoms in total. The third kappa shape index (κ3) is 4.56. The Hall–Kier alpha value is -1.88. The van der Waals surface area contributed by atoms with Gasteiger partial charge in [-0.2, -0.15) is 0 Å². The van der Waals surface area contributed by atoms with Crippen molar-refractivity contribution in [3.05, 3.63) is 52.3 Å². The van der Waals surface area contributed by atoms with E-state index in [2.05, 4.69) is 45.4 Å². The molecule has 0 spiro atoms. The molecular formula is C17H20BrN3O. The van der Waals surface area contributed by atoms with Gasteiger partial charge in [-0.05, 0) is 36.6 Å². The van der Waals surface area contributed by atoms with E-state index >= 15 is 0 Å². The largest absolute Gasteiger partial charge is 0.354 e. The number of benzene rings is 1. The molecule has 116 valence electrons. The van der Waals surface area contributed by atoms with Gasteiger partial charge in [-0.1, -0.05) is 35.8 Å². The van der Waals surface area contributed by atoms with Crippen LogP contribution in [0.15, 0.2) is 41.1 Å². The van der Waals surface area contributed by atoms with Crippen LogP contribution in [-0.4, -0.2) is 17.4 Å². The van der Waals surface area contributed by atoms with Crippen LogP contribution in [0.3, 0.4) is 0 Å². The standard InChI is InChI=1S/C17H20BrN3O/c1-11(2)8-20-17(22)13-6-15(10-19-9-13)21-14-5-4-12(3)16(18)7-14/h4-7,9-11,21H,8H2,1-3H3,(H,20,22). The Morgan fingerprint density at radius 2 is 2.00 bits per heavy atom. The van der Waals surface area contributed by atoms with Crippen LogP contribution >= 0.6 is 15.9 Å². The maximum Gasteiger partial charge on any atom is 0.252 e. The number of rotatable bonds is 5. The van der Waals surface area contributed by atoms with Gasteiger partial charge in [0.2, 0.25) is 0 Å². The van der Waals surface area contributed by atoms with E-state index in [1.807, 2.05) is 25.1 Å². The fourth-order valence-corrected chi connectivity index (χ4v) is 2.25. The van der Waals surface area contributed by atoms with Crippen LogP contribution < -0.4 is 10.6 Å². The normalized spacial score (nSPS) is 10.6. The number of halogens is 1. The van der Waals surface area contributed by atoms with Gasteiger partial charge in [-0.3, -0.25) is 9.78 Å². The molecule has 1 heterocycles. The second-order valence-electron chi connectivity index (χ2n) is 5.66. The first-order valence-corrected chi connectivity index (χ1v) is 8.01. The van der Waals surface area contributed by atoms with Crippen LogP contribution in [0.1, 0.15) is 29.8 Å². The lowest BCUT2D eigenvalue weighted by Crippen LogP contribution is -2.27. The lowest BCUT2D eigenvalue weighted by molar-refractivity contribution is 0.0948. The molecule has 0 bridgehead atoms. The monoisotopic (exact) mass is 361 g/mol. The Morgan fingerprint density at radius 1 is 1.23 bits per heavy atom. The van der Waals surface area contributed by atoms with Crippen molar-refractivity contribution >= 4 is 33.2 Å². The number of aryl methyl sites for hydroxylation is 1. The molecular weight excluding hydrogens is 342 g/mol. The van der Waals surface area contributed by atoms with Gasteiger partial charge in [0.05, 0.1) is 17.4 Å². The van der Waals surface area contributed by atoms with Crippen LogP contribution in [0.25, 0.3) is 0 Å². The van der Waals surface area contributed by atoms with Crippen LogP contribution in [0.5, 0.6) is 0 Å². The van der Waals surface area contributed by atoms with Crippen molar-refractivity contribution in [3.63, 3.8) is 0 Å². The van der Waals surface area contributed by atoms with Gasteiger partial charge < -0.3 is 10.6 Å². The quantitative estimate of drug-likeness (QED) is 0.835. The van der Waals surface area contributed by atoms with Crippen LogP contribution in [0, 0.1) is 12.8 Å². The molecule has 0 aliphatic heterocycles. The Morgan fingerprint density at radius 3 is 2.68 bits per heavy atom. The molecule has 1 amide bonds. The second kappa shape index (κ2) is 7.40. The van der Waals surface area contributed by atoms with E-state index in [1.165, 1.54) is 5.56 Å². The van der Waals surface area contributed by atoms with Gasteiger partial charge in [0.25, 0.3) is 5.91 Å². The zero-order chi connectivity index (χ0) is 16.1. The van der Waals surface area contributed by atoms with Crippen LogP contribution in [0.2, 0.25) is 0 Å². The predicted molar refractivity (Wildman–Crippen MR) is 93.6 cm³/mol. The number of hydrogen-bond donors (Lipinski definition) is 2. The number of aromatic nitrogens is 1. The van der Waals surface area contributed by atoms with E-state index < -0.39 is 0 Å². The highest BCUT2D eigenvalue weighted by atomic mass is 79.9. The Labute approximate surface area is 139 Å². The van der Waals surface area contributed by atoms with Crippen molar-refractivity contribution in [1.29, 1.82) is 0 Å². The fourth-order valence-electron chi connectivity index (χ4n) is 1.87. The van der Waals surface area contributed by atoms with Gasteiger partial charge >= 0.3 is 0 Å². The Balaban J connectivity index is 2.10. The zero-order valence-corrected chi connectivity index (χ0v) is 14.6. The number of nitrogens with zero attached hydrogens (tertiary/aromatic N) is 1. The molecule has 0 atom stereocenters. The minimum atomic E-state index is -0.102. The molecule has 0 aliphatic rings. The van der Waals surface area contributed by atoms with E-state index in [0.717, 1.165) is 15.8 Å². The van der Waals surface area contributed by atoms with Gasteiger partial charge in [-0.25, -0.2) is 0 Å². The molecule has 1 aromatic heterocycles. The van der Waals surface area contributed by atoms with E-state index in [9.17, 15) is 4.79 Å². The molecule has 0 unspecified atom stereocenters. The lowest BCUT2D eigenvalue weighted by atomic mass is 10.2. The highest BCUT2D eigenvalue weighted by Crippen LogP contribution is 2.23. The van der Waals surface area contributed by atoms with Crippen molar-refractivity contribution in [2.75, 3.05) is 11.9 Å². The highest BCUT2D eigenvalue weighted by Gasteiger charge is 2.08. The third-order valence-corrected chi connectivity index (χ3v) is 3.99. The first kappa shape index (κ1) is 16.5. The van der Waals surface area contributed by atoms with Crippen molar-refractivity contribution in [2.45, 2.75) is 20.8 Å². The summed E-state index contributed by atoms with van der Waals surface area (Å²) in [5.41, 5.74) is 3.45. The molecule has 0 radical (unpaired) electrons. The molecule has 2 rings (SSSR count). The predicted octanol–water partition coefficient (Wildman–Crippen LogP) is 4.28. The van der Waals surface area contributed by atoms with E-state index in [-0.39, 0.29) is 5.91 Å². The van der Waals surface area contributed by atoms with E-state index in [1.54, 1.807) is 18.5 Å². The fraction of sp³-hybridized carbons (Fsp3) is 0.294. The molecule has 0 saturated carbocycles. The Kier molecular flexibility index (Phi) is 5.55. The number of carbonyl (C=O) groups excluding carboxylic acids is 1. The number of carbonyl (C=O) groups is 1. The first-order chi connectivity index (χ1) is 10.5. The van der Waals surface area contributed by atoms with Gasteiger partial charge in [0.1, 0.15) is 0 Å². The van der Waals surface area contributed by atoms with Crippen LogP contribution in [0.4, 0.5) is 11.4 Å². The van der Waals surface area contributed by atoms with Gasteiger partial charge in [-0.15, -0.1) is 0 Å². The molecule has 5 heteroatoms. The topological polar surface area (TPSA) is 54.0 Å². The summed E-state index contributed by atoms with van der Waals surface area (Å²) in [7, 11) is 0. The van der Waals surface area contributed by atoms with E-state index in [4.69, 9.17) is 0 Å². The summed E-state index contributed by atoms with van der Waals surface area (Å²) < 4.78 is 1.04.